The van der Waals surface area contributed by atoms with E-state index < -0.39 is 0 Å². The van der Waals surface area contributed by atoms with Crippen LogP contribution >= 0.6 is 0 Å². The zero-order chi connectivity index (χ0) is 19.2. The molecule has 0 unspecified atom stereocenters. The molecule has 6 heteroatoms. The molecule has 0 fully saturated rings. The van der Waals surface area contributed by atoms with Crippen molar-refractivity contribution in [3.63, 3.8) is 0 Å². The number of nitrogens with one attached hydrogen (secondary N) is 2. The SMILES string of the molecule is CCOc1ccccc1Nc1nccc(C(=O)Nc2c(C)cccc2C)n1. The Hall–Kier alpha value is -3.41. The van der Waals surface area contributed by atoms with E-state index in [4.69, 9.17) is 4.74 Å². The molecular weight excluding hydrogens is 340 g/mol. The van der Waals surface area contributed by atoms with Gasteiger partial charge in [0.15, 0.2) is 0 Å². The summed E-state index contributed by atoms with van der Waals surface area (Å²) in [7, 11) is 0. The monoisotopic (exact) mass is 362 g/mol. The Bertz CT molecular complexity index is 936. The molecule has 0 aliphatic rings. The van der Waals surface area contributed by atoms with E-state index in [1.54, 1.807) is 12.3 Å². The molecule has 0 aliphatic carbocycles. The second kappa shape index (κ2) is 8.31. The van der Waals surface area contributed by atoms with Crippen LogP contribution in [0.3, 0.4) is 0 Å². The van der Waals surface area contributed by atoms with E-state index in [0.717, 1.165) is 22.5 Å². The number of aryl methyl sites for hydroxylation is 2. The number of rotatable bonds is 6. The summed E-state index contributed by atoms with van der Waals surface area (Å²) in [6.45, 7) is 6.39. The first-order valence-corrected chi connectivity index (χ1v) is 8.78. The van der Waals surface area contributed by atoms with Gasteiger partial charge in [0.2, 0.25) is 5.95 Å². The predicted molar refractivity (Wildman–Crippen MR) is 107 cm³/mol. The van der Waals surface area contributed by atoms with Gasteiger partial charge in [0, 0.05) is 11.9 Å². The van der Waals surface area contributed by atoms with Crippen LogP contribution in [-0.2, 0) is 0 Å². The average Bonchev–Trinajstić information content (AvgIpc) is 2.67. The minimum atomic E-state index is -0.282. The summed E-state index contributed by atoms with van der Waals surface area (Å²) in [5, 5.41) is 6.05. The minimum Gasteiger partial charge on any atom is -0.492 e. The molecule has 0 spiro atoms. The van der Waals surface area contributed by atoms with Crippen LogP contribution < -0.4 is 15.4 Å². The summed E-state index contributed by atoms with van der Waals surface area (Å²) in [6, 6.07) is 15.0. The molecule has 2 N–H and O–H groups in total. The largest absolute Gasteiger partial charge is 0.492 e. The Morgan fingerprint density at radius 3 is 2.52 bits per heavy atom. The van der Waals surface area contributed by atoms with Gasteiger partial charge in [-0.25, -0.2) is 9.97 Å². The number of hydrogen-bond acceptors (Lipinski definition) is 5. The van der Waals surface area contributed by atoms with E-state index in [-0.39, 0.29) is 11.6 Å². The first kappa shape index (κ1) is 18.4. The molecule has 0 bridgehead atoms. The summed E-state index contributed by atoms with van der Waals surface area (Å²) in [5.74, 6) is 0.751. The highest BCUT2D eigenvalue weighted by atomic mass is 16.5. The maximum Gasteiger partial charge on any atom is 0.274 e. The smallest absolute Gasteiger partial charge is 0.274 e. The molecule has 6 nitrogen and oxygen atoms in total. The van der Waals surface area contributed by atoms with Crippen LogP contribution in [0.4, 0.5) is 17.3 Å². The van der Waals surface area contributed by atoms with Crippen molar-refractivity contribution in [1.82, 2.24) is 9.97 Å². The average molecular weight is 362 g/mol. The molecule has 3 rings (SSSR count). The molecule has 0 atom stereocenters. The Labute approximate surface area is 158 Å². The first-order chi connectivity index (χ1) is 13.1. The fourth-order valence-electron chi connectivity index (χ4n) is 2.71. The van der Waals surface area contributed by atoms with Crippen LogP contribution in [0.25, 0.3) is 0 Å². The number of nitrogens with zero attached hydrogens (tertiary/aromatic N) is 2. The molecule has 2 aromatic carbocycles. The molecule has 138 valence electrons. The number of benzene rings is 2. The Balaban J connectivity index is 1.81. The van der Waals surface area contributed by atoms with Crippen molar-refractivity contribution in [1.29, 1.82) is 0 Å². The van der Waals surface area contributed by atoms with Crippen molar-refractivity contribution < 1.29 is 9.53 Å². The van der Waals surface area contributed by atoms with Gasteiger partial charge in [-0.1, -0.05) is 30.3 Å². The third-order valence-electron chi connectivity index (χ3n) is 4.04. The van der Waals surface area contributed by atoms with Crippen LogP contribution in [0.15, 0.2) is 54.7 Å². The number of hydrogen-bond donors (Lipinski definition) is 2. The van der Waals surface area contributed by atoms with Crippen LogP contribution in [0.1, 0.15) is 28.5 Å². The quantitative estimate of drug-likeness (QED) is 0.676. The lowest BCUT2D eigenvalue weighted by molar-refractivity contribution is 0.102. The van der Waals surface area contributed by atoms with E-state index in [1.165, 1.54) is 0 Å². The summed E-state index contributed by atoms with van der Waals surface area (Å²) < 4.78 is 5.59. The van der Waals surface area contributed by atoms with Gasteiger partial charge in [0.05, 0.1) is 12.3 Å². The van der Waals surface area contributed by atoms with E-state index in [1.807, 2.05) is 63.2 Å². The second-order valence-electron chi connectivity index (χ2n) is 6.04. The Kier molecular flexibility index (Phi) is 5.66. The van der Waals surface area contributed by atoms with E-state index in [0.29, 0.717) is 18.3 Å². The lowest BCUT2D eigenvalue weighted by atomic mass is 10.1. The minimum absolute atomic E-state index is 0.282. The highest BCUT2D eigenvalue weighted by Crippen LogP contribution is 2.26. The second-order valence-corrected chi connectivity index (χ2v) is 6.04. The highest BCUT2D eigenvalue weighted by molar-refractivity contribution is 6.03. The summed E-state index contributed by atoms with van der Waals surface area (Å²) in [5.41, 5.74) is 3.83. The van der Waals surface area contributed by atoms with E-state index >= 15 is 0 Å². The predicted octanol–water partition coefficient (Wildman–Crippen LogP) is 4.49. The van der Waals surface area contributed by atoms with Crippen molar-refractivity contribution in [3.8, 4) is 5.75 Å². The number of aromatic nitrogens is 2. The highest BCUT2D eigenvalue weighted by Gasteiger charge is 2.13. The van der Waals surface area contributed by atoms with Crippen molar-refractivity contribution >= 4 is 23.2 Å². The molecule has 0 saturated carbocycles. The van der Waals surface area contributed by atoms with E-state index in [9.17, 15) is 4.79 Å². The zero-order valence-electron chi connectivity index (χ0n) is 15.6. The van der Waals surface area contributed by atoms with Gasteiger partial charge in [-0.3, -0.25) is 4.79 Å². The number of anilines is 3. The molecule has 27 heavy (non-hydrogen) atoms. The summed E-state index contributed by atoms with van der Waals surface area (Å²) >= 11 is 0. The van der Waals surface area contributed by atoms with Crippen molar-refractivity contribution in [2.24, 2.45) is 0 Å². The number of carbonyl (C=O) groups is 1. The third-order valence-corrected chi connectivity index (χ3v) is 4.04. The van der Waals surface area contributed by atoms with Crippen LogP contribution in [-0.4, -0.2) is 22.5 Å². The van der Waals surface area contributed by atoms with Crippen LogP contribution in [0.2, 0.25) is 0 Å². The molecule has 1 heterocycles. The van der Waals surface area contributed by atoms with Crippen molar-refractivity contribution in [3.05, 3.63) is 71.5 Å². The molecule has 0 saturated heterocycles. The third kappa shape index (κ3) is 4.41. The van der Waals surface area contributed by atoms with Crippen LogP contribution in [0.5, 0.6) is 5.75 Å². The van der Waals surface area contributed by atoms with Gasteiger partial charge in [-0.05, 0) is 50.1 Å². The number of para-hydroxylation sites is 3. The molecule has 3 aromatic rings. The lowest BCUT2D eigenvalue weighted by Gasteiger charge is -2.13. The maximum absolute atomic E-state index is 12.6. The van der Waals surface area contributed by atoms with Gasteiger partial charge in [-0.2, -0.15) is 0 Å². The molecule has 0 aliphatic heterocycles. The first-order valence-electron chi connectivity index (χ1n) is 8.78. The molecule has 0 radical (unpaired) electrons. The van der Waals surface area contributed by atoms with Gasteiger partial charge >= 0.3 is 0 Å². The standard InChI is InChI=1S/C21H22N4O2/c1-4-27-18-11-6-5-10-16(18)23-21-22-13-12-17(24-21)20(26)25-19-14(2)8-7-9-15(19)3/h5-13H,4H2,1-3H3,(H,25,26)(H,22,23,24). The number of amides is 1. The molecule has 1 aromatic heterocycles. The summed E-state index contributed by atoms with van der Waals surface area (Å²) in [6.07, 6.45) is 1.55. The lowest BCUT2D eigenvalue weighted by Crippen LogP contribution is -2.16. The van der Waals surface area contributed by atoms with Gasteiger partial charge in [0.25, 0.3) is 5.91 Å². The van der Waals surface area contributed by atoms with Crippen molar-refractivity contribution in [2.75, 3.05) is 17.2 Å². The Morgan fingerprint density at radius 1 is 1.04 bits per heavy atom. The topological polar surface area (TPSA) is 76.1 Å². The maximum atomic E-state index is 12.6. The zero-order valence-corrected chi connectivity index (χ0v) is 15.6. The molecular formula is C21H22N4O2. The fourth-order valence-corrected chi connectivity index (χ4v) is 2.71. The number of ether oxygens (including phenoxy) is 1. The van der Waals surface area contributed by atoms with Gasteiger partial charge in [-0.15, -0.1) is 0 Å². The Morgan fingerprint density at radius 2 is 1.78 bits per heavy atom. The summed E-state index contributed by atoms with van der Waals surface area (Å²) in [4.78, 5) is 21.2. The fraction of sp³-hybridized carbons (Fsp3) is 0.190. The van der Waals surface area contributed by atoms with E-state index in [2.05, 4.69) is 20.6 Å². The number of carbonyl (C=O) groups excluding carboxylic acids is 1. The van der Waals surface area contributed by atoms with Crippen molar-refractivity contribution in [2.45, 2.75) is 20.8 Å². The van der Waals surface area contributed by atoms with Crippen LogP contribution in [0, 0.1) is 13.8 Å². The van der Waals surface area contributed by atoms with Gasteiger partial charge < -0.3 is 15.4 Å². The normalized spacial score (nSPS) is 10.3. The van der Waals surface area contributed by atoms with Gasteiger partial charge in [0.1, 0.15) is 11.4 Å². The molecule has 1 amide bonds.